The minimum Gasteiger partial charge on any atom is -0.381 e. The Kier molecular flexibility index (Phi) is 2.12. The topological polar surface area (TPSA) is 47.8 Å². The van der Waals surface area contributed by atoms with Crippen molar-refractivity contribution in [3.63, 3.8) is 0 Å². The van der Waals surface area contributed by atoms with Gasteiger partial charge in [-0.15, -0.1) is 0 Å². The van der Waals surface area contributed by atoms with Gasteiger partial charge >= 0.3 is 0 Å². The zero-order valence-corrected chi connectivity index (χ0v) is 9.33. The van der Waals surface area contributed by atoms with Crippen molar-refractivity contribution < 1.29 is 0 Å². The fraction of sp³-hybridized carbons (Fsp3) is 0.462. The third-order valence-corrected chi connectivity index (χ3v) is 3.71. The second-order valence-electron chi connectivity index (χ2n) is 4.82. The lowest BCUT2D eigenvalue weighted by atomic mass is 10.1. The molecule has 2 unspecified atom stereocenters. The van der Waals surface area contributed by atoms with Gasteiger partial charge in [0.1, 0.15) is 6.07 Å². The molecule has 2 atom stereocenters. The first-order valence-electron chi connectivity index (χ1n) is 5.77. The fourth-order valence-corrected chi connectivity index (χ4v) is 2.69. The van der Waals surface area contributed by atoms with Crippen molar-refractivity contribution >= 4 is 5.69 Å². The smallest absolute Gasteiger partial charge is 0.101 e. The van der Waals surface area contributed by atoms with Gasteiger partial charge in [0.2, 0.25) is 0 Å². The van der Waals surface area contributed by atoms with E-state index in [-0.39, 0.29) is 0 Å². The summed E-state index contributed by atoms with van der Waals surface area (Å²) in [5.74, 6) is 1.54. The van der Waals surface area contributed by atoms with Crippen LogP contribution in [0.15, 0.2) is 18.2 Å². The number of hydrogen-bond donors (Lipinski definition) is 2. The summed E-state index contributed by atoms with van der Waals surface area (Å²) in [6.45, 7) is 4.26. The molecule has 1 aromatic rings. The molecule has 0 radical (unpaired) electrons. The van der Waals surface area contributed by atoms with Gasteiger partial charge < -0.3 is 10.6 Å². The van der Waals surface area contributed by atoms with Gasteiger partial charge in [0.25, 0.3) is 0 Å². The molecule has 1 saturated carbocycles. The number of fused-ring (bicyclic) bond motifs is 1. The van der Waals surface area contributed by atoms with Crippen molar-refractivity contribution in [1.29, 1.82) is 5.26 Å². The molecule has 2 fully saturated rings. The van der Waals surface area contributed by atoms with Gasteiger partial charge in [-0.3, -0.25) is 0 Å². The maximum atomic E-state index is 9.08. The average Bonchev–Trinajstić information content (AvgIpc) is 2.75. The molecule has 2 N–H and O–H groups in total. The number of aryl methyl sites for hydroxylation is 1. The highest BCUT2D eigenvalue weighted by Crippen LogP contribution is 2.44. The van der Waals surface area contributed by atoms with Gasteiger partial charge in [-0.25, -0.2) is 0 Å². The number of rotatable bonds is 2. The summed E-state index contributed by atoms with van der Waals surface area (Å²) in [5.41, 5.74) is 2.89. The number of nitriles is 1. The summed E-state index contributed by atoms with van der Waals surface area (Å²) in [5, 5.41) is 15.9. The third-order valence-electron chi connectivity index (χ3n) is 3.71. The minimum atomic E-state index is 0.580. The lowest BCUT2D eigenvalue weighted by molar-refractivity contribution is 0.697. The quantitative estimate of drug-likeness (QED) is 0.782. The van der Waals surface area contributed by atoms with Crippen molar-refractivity contribution in [2.45, 2.75) is 13.0 Å². The van der Waals surface area contributed by atoms with Gasteiger partial charge in [-0.05, 0) is 36.5 Å². The largest absolute Gasteiger partial charge is 0.381 e. The van der Waals surface area contributed by atoms with E-state index in [1.807, 2.05) is 19.1 Å². The van der Waals surface area contributed by atoms with Crippen LogP contribution in [0.3, 0.4) is 0 Å². The van der Waals surface area contributed by atoms with Crippen LogP contribution in [0.2, 0.25) is 0 Å². The monoisotopic (exact) mass is 213 g/mol. The molecule has 1 aliphatic heterocycles. The maximum absolute atomic E-state index is 9.08. The maximum Gasteiger partial charge on any atom is 0.101 e. The Morgan fingerprint density at radius 3 is 2.81 bits per heavy atom. The number of nitrogens with one attached hydrogen (secondary N) is 2. The predicted molar refractivity (Wildman–Crippen MR) is 63.2 cm³/mol. The predicted octanol–water partition coefficient (Wildman–Crippen LogP) is 1.50. The molecule has 2 aliphatic rings. The average molecular weight is 213 g/mol. The molecule has 16 heavy (non-hydrogen) atoms. The van der Waals surface area contributed by atoms with Crippen LogP contribution in [0.1, 0.15) is 11.1 Å². The second kappa shape index (κ2) is 3.50. The van der Waals surface area contributed by atoms with Gasteiger partial charge in [0.15, 0.2) is 0 Å². The Balaban J connectivity index is 1.78. The van der Waals surface area contributed by atoms with Crippen LogP contribution in [0.25, 0.3) is 0 Å². The number of anilines is 1. The van der Waals surface area contributed by atoms with E-state index in [9.17, 15) is 0 Å². The Hall–Kier alpha value is -1.53. The van der Waals surface area contributed by atoms with E-state index < -0.39 is 0 Å². The van der Waals surface area contributed by atoms with Crippen molar-refractivity contribution in [2.24, 2.45) is 11.8 Å². The fourth-order valence-electron chi connectivity index (χ4n) is 2.69. The summed E-state index contributed by atoms with van der Waals surface area (Å²) in [7, 11) is 0. The lowest BCUT2D eigenvalue weighted by Gasteiger charge is -2.10. The first kappa shape index (κ1) is 9.68. The Bertz CT molecular complexity index is 451. The van der Waals surface area contributed by atoms with Gasteiger partial charge in [0.05, 0.1) is 11.3 Å². The molecular formula is C13H15N3. The van der Waals surface area contributed by atoms with Gasteiger partial charge in [0, 0.05) is 19.1 Å². The molecule has 1 heterocycles. The molecule has 0 bridgehead atoms. The lowest BCUT2D eigenvalue weighted by Crippen LogP contribution is -2.21. The molecule has 1 aliphatic carbocycles. The van der Waals surface area contributed by atoms with E-state index >= 15 is 0 Å². The highest BCUT2D eigenvalue weighted by atomic mass is 15.1. The zero-order valence-electron chi connectivity index (χ0n) is 9.33. The van der Waals surface area contributed by atoms with Crippen molar-refractivity contribution in [1.82, 2.24) is 5.32 Å². The van der Waals surface area contributed by atoms with Crippen LogP contribution in [0, 0.1) is 30.1 Å². The van der Waals surface area contributed by atoms with E-state index in [4.69, 9.17) is 5.26 Å². The van der Waals surface area contributed by atoms with Crippen LogP contribution in [0.4, 0.5) is 5.69 Å². The molecule has 82 valence electrons. The third kappa shape index (κ3) is 1.46. The number of nitrogens with zero attached hydrogens (tertiary/aromatic N) is 1. The molecule has 0 spiro atoms. The molecule has 3 heteroatoms. The Morgan fingerprint density at radius 2 is 2.12 bits per heavy atom. The summed E-state index contributed by atoms with van der Waals surface area (Å²) >= 11 is 0. The Morgan fingerprint density at radius 1 is 1.38 bits per heavy atom. The standard InChI is InChI=1S/C13H15N3/c1-8-2-3-12(9(4-8)5-14)16-13-10-6-15-7-11(10)13/h2-4,10-11,13,15-16H,6-7H2,1H3. The molecule has 3 nitrogen and oxygen atoms in total. The van der Waals surface area contributed by atoms with Crippen LogP contribution >= 0.6 is 0 Å². The highest BCUT2D eigenvalue weighted by Gasteiger charge is 2.52. The zero-order chi connectivity index (χ0) is 11.1. The molecular weight excluding hydrogens is 198 g/mol. The number of hydrogen-bond acceptors (Lipinski definition) is 3. The van der Waals surface area contributed by atoms with E-state index in [0.717, 1.165) is 41.7 Å². The molecule has 0 aromatic heterocycles. The van der Waals surface area contributed by atoms with E-state index in [2.05, 4.69) is 22.8 Å². The summed E-state index contributed by atoms with van der Waals surface area (Å²) in [6.07, 6.45) is 0. The van der Waals surface area contributed by atoms with Gasteiger partial charge in [-0.1, -0.05) is 6.07 Å². The summed E-state index contributed by atoms with van der Waals surface area (Å²) < 4.78 is 0. The SMILES string of the molecule is Cc1ccc(NC2C3CNCC32)c(C#N)c1. The highest BCUT2D eigenvalue weighted by molar-refractivity contribution is 5.60. The van der Waals surface area contributed by atoms with E-state index in [0.29, 0.717) is 6.04 Å². The first-order chi connectivity index (χ1) is 7.79. The van der Waals surface area contributed by atoms with E-state index in [1.165, 1.54) is 0 Å². The first-order valence-corrected chi connectivity index (χ1v) is 5.77. The number of piperidine rings is 1. The van der Waals surface area contributed by atoms with Gasteiger partial charge in [-0.2, -0.15) is 5.26 Å². The molecule has 1 saturated heterocycles. The van der Waals surface area contributed by atoms with Crippen molar-refractivity contribution in [3.05, 3.63) is 29.3 Å². The normalized spacial score (nSPS) is 30.6. The summed E-state index contributed by atoms with van der Waals surface area (Å²) in [6, 6.07) is 8.86. The molecule has 1 aromatic carbocycles. The van der Waals surface area contributed by atoms with Crippen molar-refractivity contribution in [3.8, 4) is 6.07 Å². The molecule has 3 rings (SSSR count). The van der Waals surface area contributed by atoms with Crippen LogP contribution in [0.5, 0.6) is 0 Å². The molecule has 0 amide bonds. The summed E-state index contributed by atoms with van der Waals surface area (Å²) in [4.78, 5) is 0. The van der Waals surface area contributed by atoms with Crippen LogP contribution < -0.4 is 10.6 Å². The Labute approximate surface area is 95.5 Å². The van der Waals surface area contributed by atoms with Crippen LogP contribution in [-0.2, 0) is 0 Å². The number of benzene rings is 1. The second-order valence-corrected chi connectivity index (χ2v) is 4.82. The van der Waals surface area contributed by atoms with Crippen molar-refractivity contribution in [2.75, 3.05) is 18.4 Å². The van der Waals surface area contributed by atoms with E-state index in [1.54, 1.807) is 0 Å². The van der Waals surface area contributed by atoms with Crippen LogP contribution in [-0.4, -0.2) is 19.1 Å². The minimum absolute atomic E-state index is 0.580.